The number of ether oxygens (including phenoxy) is 3. The maximum atomic E-state index is 14.7. The summed E-state index contributed by atoms with van der Waals surface area (Å²) < 4.78 is 44.4. The van der Waals surface area contributed by atoms with E-state index in [2.05, 4.69) is 9.98 Å². The molecule has 0 spiro atoms. The Morgan fingerprint density at radius 3 is 2.85 bits per heavy atom. The van der Waals surface area contributed by atoms with Gasteiger partial charge in [-0.05, 0) is 12.1 Å². The molecule has 0 amide bonds. The molecule has 8 heteroatoms. The molecule has 26 heavy (non-hydrogen) atoms. The van der Waals surface area contributed by atoms with Gasteiger partial charge < -0.3 is 24.3 Å². The van der Waals surface area contributed by atoms with E-state index in [1.165, 1.54) is 19.4 Å². The zero-order valence-corrected chi connectivity index (χ0v) is 14.5. The average Bonchev–Trinajstić information content (AvgIpc) is 3.06. The molecule has 1 aromatic heterocycles. The van der Waals surface area contributed by atoms with Crippen molar-refractivity contribution in [1.29, 1.82) is 0 Å². The number of hydrogen-bond acceptors (Lipinski definition) is 5. The quantitative estimate of drug-likeness (QED) is 0.739. The molecule has 2 aromatic rings. The van der Waals surface area contributed by atoms with E-state index in [4.69, 9.17) is 14.2 Å². The molecule has 2 unspecified atom stereocenters. The van der Waals surface area contributed by atoms with Gasteiger partial charge in [0.15, 0.2) is 11.6 Å². The van der Waals surface area contributed by atoms with Crippen molar-refractivity contribution in [3.05, 3.63) is 46.7 Å². The second-order valence-electron chi connectivity index (χ2n) is 5.84. The van der Waals surface area contributed by atoms with Crippen molar-refractivity contribution in [3.63, 3.8) is 0 Å². The summed E-state index contributed by atoms with van der Waals surface area (Å²) in [7, 11) is 3.04. The number of H-pyrrole nitrogens is 1. The minimum atomic E-state index is -1.51. The smallest absolute Gasteiger partial charge is 0.174 e. The van der Waals surface area contributed by atoms with Crippen molar-refractivity contribution in [2.75, 3.05) is 27.4 Å². The van der Waals surface area contributed by atoms with Crippen LogP contribution in [0.25, 0.3) is 0 Å². The summed E-state index contributed by atoms with van der Waals surface area (Å²) in [5, 5.41) is 10.7. The normalized spacial score (nSPS) is 17.2. The number of aromatic amines is 1. The third-order valence-electron chi connectivity index (χ3n) is 4.28. The fourth-order valence-corrected chi connectivity index (χ4v) is 2.89. The van der Waals surface area contributed by atoms with Crippen molar-refractivity contribution >= 4 is 12.0 Å². The lowest BCUT2D eigenvalue weighted by Gasteiger charge is -2.19. The molecule has 3 rings (SSSR count). The number of aliphatic hydroxyl groups excluding tert-OH is 1. The number of rotatable bonds is 7. The summed E-state index contributed by atoms with van der Waals surface area (Å²) in [6.45, 7) is 0.370. The third kappa shape index (κ3) is 3.48. The molecule has 6 nitrogen and oxygen atoms in total. The Labute approximate surface area is 149 Å². The Bertz CT molecular complexity index is 807. The van der Waals surface area contributed by atoms with Gasteiger partial charge >= 0.3 is 0 Å². The van der Waals surface area contributed by atoms with Gasteiger partial charge in [0.25, 0.3) is 0 Å². The molecule has 2 N–H and O–H groups in total. The van der Waals surface area contributed by atoms with Gasteiger partial charge in [-0.25, -0.2) is 13.8 Å². The van der Waals surface area contributed by atoms with E-state index in [0.717, 1.165) is 6.07 Å². The van der Waals surface area contributed by atoms with Gasteiger partial charge in [0.05, 0.1) is 18.3 Å². The van der Waals surface area contributed by atoms with Crippen LogP contribution >= 0.6 is 0 Å². The summed E-state index contributed by atoms with van der Waals surface area (Å²) in [6, 6.07) is 2.26. The zero-order valence-electron chi connectivity index (χ0n) is 14.5. The Morgan fingerprint density at radius 1 is 1.31 bits per heavy atom. The van der Waals surface area contributed by atoms with Crippen molar-refractivity contribution < 1.29 is 28.1 Å². The Hall–Kier alpha value is -2.29. The second kappa shape index (κ2) is 7.94. The molecule has 1 aromatic carbocycles. The van der Waals surface area contributed by atoms with Crippen molar-refractivity contribution in [2.45, 2.75) is 18.6 Å². The number of aliphatic imine (C=N–C) groups is 1. The molecule has 140 valence electrons. The Balaban J connectivity index is 1.94. The minimum Gasteiger partial charge on any atom is -0.488 e. The van der Waals surface area contributed by atoms with Crippen LogP contribution in [-0.2, 0) is 15.9 Å². The lowest BCUT2D eigenvalue weighted by molar-refractivity contribution is 0.142. The van der Waals surface area contributed by atoms with Crippen LogP contribution in [0.5, 0.6) is 5.75 Å². The van der Waals surface area contributed by atoms with Gasteiger partial charge in [-0.1, -0.05) is 0 Å². The molecule has 1 aliphatic rings. The lowest BCUT2D eigenvalue weighted by Crippen LogP contribution is -2.19. The molecule has 0 bridgehead atoms. The van der Waals surface area contributed by atoms with Crippen LogP contribution in [0.1, 0.15) is 22.8 Å². The van der Waals surface area contributed by atoms with Crippen LogP contribution in [0.15, 0.2) is 23.3 Å². The Morgan fingerprint density at radius 2 is 2.12 bits per heavy atom. The van der Waals surface area contributed by atoms with Crippen LogP contribution in [-0.4, -0.2) is 49.8 Å². The molecule has 0 saturated heterocycles. The van der Waals surface area contributed by atoms with Gasteiger partial charge in [-0.15, -0.1) is 0 Å². The molecule has 0 aliphatic carbocycles. The van der Waals surface area contributed by atoms with Crippen LogP contribution in [0, 0.1) is 11.6 Å². The number of nitrogens with one attached hydrogen (secondary N) is 1. The van der Waals surface area contributed by atoms with Gasteiger partial charge in [-0.2, -0.15) is 0 Å². The van der Waals surface area contributed by atoms with Crippen LogP contribution in [0.2, 0.25) is 0 Å². The number of aliphatic hydroxyl groups is 1. The van der Waals surface area contributed by atoms with Gasteiger partial charge in [0.2, 0.25) is 0 Å². The highest BCUT2D eigenvalue weighted by Gasteiger charge is 2.29. The first kappa shape index (κ1) is 18.5. The molecule has 2 atom stereocenters. The third-order valence-corrected chi connectivity index (χ3v) is 4.28. The lowest BCUT2D eigenvalue weighted by atomic mass is 9.95. The first-order valence-corrected chi connectivity index (χ1v) is 8.11. The van der Waals surface area contributed by atoms with E-state index in [9.17, 15) is 13.9 Å². The van der Waals surface area contributed by atoms with Crippen LogP contribution < -0.4 is 4.74 Å². The van der Waals surface area contributed by atoms with Crippen molar-refractivity contribution in [2.24, 2.45) is 4.99 Å². The van der Waals surface area contributed by atoms with E-state index in [1.54, 1.807) is 13.3 Å². The summed E-state index contributed by atoms with van der Waals surface area (Å²) in [5.74, 6) is -1.40. The monoisotopic (exact) mass is 366 g/mol. The highest BCUT2D eigenvalue weighted by atomic mass is 19.1. The molecule has 0 fully saturated rings. The zero-order chi connectivity index (χ0) is 18.7. The molecule has 0 radical (unpaired) electrons. The number of methoxy groups -OCH3 is 2. The average molecular weight is 366 g/mol. The fourth-order valence-electron chi connectivity index (χ4n) is 2.89. The topological polar surface area (TPSA) is 76.1 Å². The maximum Gasteiger partial charge on any atom is 0.174 e. The van der Waals surface area contributed by atoms with Crippen LogP contribution in [0.3, 0.4) is 0 Å². The molecular formula is C18H20F2N2O4. The number of halogens is 2. The molecule has 2 heterocycles. The van der Waals surface area contributed by atoms with E-state index >= 15 is 0 Å². The summed E-state index contributed by atoms with van der Waals surface area (Å²) in [5.41, 5.74) is 0.548. The standard InChI is InChI=1S/C18H20F2N2O4/c1-24-5-6-26-14-4-3-13(19)15(16(14)20)17(23)12-9-22-18-11(12)7-10(25-2)8-21-18/h3-4,8-10,17,22-23H,5-7H2,1-2H3. The Kier molecular flexibility index (Phi) is 5.65. The summed E-state index contributed by atoms with van der Waals surface area (Å²) >= 11 is 0. The predicted octanol–water partition coefficient (Wildman–Crippen LogP) is 2.67. The van der Waals surface area contributed by atoms with Crippen molar-refractivity contribution in [1.82, 2.24) is 4.98 Å². The van der Waals surface area contributed by atoms with Crippen molar-refractivity contribution in [3.8, 4) is 5.75 Å². The number of fused-ring (bicyclic) bond motifs is 1. The SMILES string of the molecule is COCCOc1ccc(F)c(C(O)c2c[nH]c3c2CC(OC)C=N3)c1F. The molecule has 0 saturated carbocycles. The van der Waals surface area contributed by atoms with E-state index in [0.29, 0.717) is 23.4 Å². The molecule has 1 aliphatic heterocycles. The minimum absolute atomic E-state index is 0.109. The number of benzene rings is 1. The number of aromatic nitrogens is 1. The van der Waals surface area contributed by atoms with Gasteiger partial charge in [0.1, 0.15) is 24.3 Å². The molecular weight excluding hydrogens is 346 g/mol. The van der Waals surface area contributed by atoms with Crippen LogP contribution in [0.4, 0.5) is 14.6 Å². The predicted molar refractivity (Wildman–Crippen MR) is 91.2 cm³/mol. The second-order valence-corrected chi connectivity index (χ2v) is 5.84. The highest BCUT2D eigenvalue weighted by Crippen LogP contribution is 2.37. The first-order valence-electron chi connectivity index (χ1n) is 8.11. The highest BCUT2D eigenvalue weighted by molar-refractivity contribution is 5.72. The van der Waals surface area contributed by atoms with E-state index < -0.39 is 23.3 Å². The fraction of sp³-hybridized carbons (Fsp3) is 0.389. The number of hydrogen-bond donors (Lipinski definition) is 2. The van der Waals surface area contributed by atoms with Gasteiger partial charge in [0, 0.05) is 44.2 Å². The van der Waals surface area contributed by atoms with E-state index in [1.807, 2.05) is 0 Å². The maximum absolute atomic E-state index is 14.7. The summed E-state index contributed by atoms with van der Waals surface area (Å²) in [6.07, 6.45) is 1.82. The summed E-state index contributed by atoms with van der Waals surface area (Å²) in [4.78, 5) is 7.12. The first-order chi connectivity index (χ1) is 12.6. The van der Waals surface area contributed by atoms with Gasteiger partial charge in [-0.3, -0.25) is 0 Å². The largest absolute Gasteiger partial charge is 0.488 e. The number of nitrogens with zero attached hydrogens (tertiary/aromatic N) is 1. The van der Waals surface area contributed by atoms with E-state index in [-0.39, 0.29) is 25.1 Å².